The van der Waals surface area contributed by atoms with E-state index in [0.717, 1.165) is 25.9 Å². The highest BCUT2D eigenvalue weighted by Crippen LogP contribution is 1.81. The van der Waals surface area contributed by atoms with Crippen LogP contribution < -0.4 is 0 Å². The highest BCUT2D eigenvalue weighted by atomic mass is 16.7. The second-order valence-corrected chi connectivity index (χ2v) is 1.93. The Labute approximate surface area is 58.7 Å². The zero-order valence-electron chi connectivity index (χ0n) is 6.35. The zero-order chi connectivity index (χ0) is 6.95. The third-order valence-corrected chi connectivity index (χ3v) is 0.864. The molecule has 0 unspecified atom stereocenters. The molecule has 0 aromatic carbocycles. The van der Waals surface area contributed by atoms with Crippen molar-refractivity contribution in [2.24, 2.45) is 0 Å². The van der Waals surface area contributed by atoms with Crippen molar-refractivity contribution < 1.29 is 9.47 Å². The molecule has 0 spiro atoms. The van der Waals surface area contributed by atoms with Crippen molar-refractivity contribution in [1.29, 1.82) is 0 Å². The highest BCUT2D eigenvalue weighted by molar-refractivity contribution is 6.08. The summed E-state index contributed by atoms with van der Waals surface area (Å²) in [5, 5.41) is 0. The molecule has 0 aliphatic heterocycles. The van der Waals surface area contributed by atoms with Gasteiger partial charge in [-0.2, -0.15) is 0 Å². The van der Waals surface area contributed by atoms with Crippen LogP contribution in [0.1, 0.15) is 0 Å². The van der Waals surface area contributed by atoms with Crippen molar-refractivity contribution in [2.75, 3.05) is 20.0 Å². The minimum Gasteiger partial charge on any atom is -0.356 e. The lowest BCUT2D eigenvalue weighted by Gasteiger charge is -2.01. The van der Waals surface area contributed by atoms with Crippen LogP contribution in [0.4, 0.5) is 0 Å². The van der Waals surface area contributed by atoms with Crippen molar-refractivity contribution in [3.8, 4) is 0 Å². The molecule has 0 N–H and O–H groups in total. The van der Waals surface area contributed by atoms with Gasteiger partial charge in [0.25, 0.3) is 0 Å². The van der Waals surface area contributed by atoms with Crippen LogP contribution in [0, 0.1) is 0 Å². The topological polar surface area (TPSA) is 18.5 Å². The first-order chi connectivity index (χ1) is 4.41. The van der Waals surface area contributed by atoms with Gasteiger partial charge in [0.2, 0.25) is 0 Å². The molecule has 52 valence electrons. The second kappa shape index (κ2) is 8.05. The molecule has 0 aliphatic carbocycles. The van der Waals surface area contributed by atoms with E-state index in [9.17, 15) is 0 Å². The van der Waals surface area contributed by atoms with Gasteiger partial charge in [-0.15, -0.1) is 0 Å². The Hall–Kier alpha value is 0.0499. The molecule has 0 rings (SSSR count). The Balaban J connectivity index is 2.60. The molecule has 0 saturated heterocycles. The standard InChI is InChI=1S/C5H14B2O2/c6-1-3-8-5-9-4-2-7/h1-7H2. The molecule has 0 saturated carbocycles. The molecule has 0 radical (unpaired) electrons. The Morgan fingerprint density at radius 1 is 0.889 bits per heavy atom. The summed E-state index contributed by atoms with van der Waals surface area (Å²) in [7, 11) is 4.17. The van der Waals surface area contributed by atoms with Gasteiger partial charge in [-0.05, 0) is 0 Å². The van der Waals surface area contributed by atoms with Crippen molar-refractivity contribution in [2.45, 2.75) is 12.6 Å². The summed E-state index contributed by atoms with van der Waals surface area (Å²) in [6.45, 7) is 2.08. The van der Waals surface area contributed by atoms with Crippen LogP contribution in [0.25, 0.3) is 0 Å². The maximum Gasteiger partial charge on any atom is 0.146 e. The minimum absolute atomic E-state index is 0.460. The minimum atomic E-state index is 0.460. The molecule has 4 heteroatoms. The third-order valence-electron chi connectivity index (χ3n) is 0.864. The third kappa shape index (κ3) is 8.05. The summed E-state index contributed by atoms with van der Waals surface area (Å²) in [6.07, 6.45) is 2.13. The maximum atomic E-state index is 5.06. The summed E-state index contributed by atoms with van der Waals surface area (Å²) in [6, 6.07) is 0. The van der Waals surface area contributed by atoms with E-state index >= 15 is 0 Å². The molecular weight excluding hydrogens is 114 g/mol. The number of ether oxygens (including phenoxy) is 2. The van der Waals surface area contributed by atoms with Gasteiger partial charge in [-0.1, -0.05) is 12.6 Å². The Kier molecular flexibility index (Phi) is 8.09. The molecule has 0 heterocycles. The number of hydrogen-bond donors (Lipinski definition) is 0. The normalized spacial score (nSPS) is 9.78. The largest absolute Gasteiger partial charge is 0.356 e. The fourth-order valence-corrected chi connectivity index (χ4v) is 0.465. The van der Waals surface area contributed by atoms with E-state index in [1.807, 2.05) is 0 Å². The van der Waals surface area contributed by atoms with Gasteiger partial charge in [0, 0.05) is 13.2 Å². The summed E-state index contributed by atoms with van der Waals surface area (Å²) in [5.74, 6) is 0. The molecule has 0 aliphatic rings. The zero-order valence-corrected chi connectivity index (χ0v) is 6.35. The maximum absolute atomic E-state index is 5.06. The predicted molar refractivity (Wildman–Crippen MR) is 43.5 cm³/mol. The van der Waals surface area contributed by atoms with E-state index in [2.05, 4.69) is 15.7 Å². The van der Waals surface area contributed by atoms with Gasteiger partial charge in [-0.25, -0.2) is 0 Å². The van der Waals surface area contributed by atoms with E-state index in [4.69, 9.17) is 9.47 Å². The van der Waals surface area contributed by atoms with Gasteiger partial charge in [0.15, 0.2) is 0 Å². The first-order valence-corrected chi connectivity index (χ1v) is 3.57. The molecule has 0 amide bonds. The van der Waals surface area contributed by atoms with E-state index in [-0.39, 0.29) is 0 Å². The van der Waals surface area contributed by atoms with Gasteiger partial charge in [0.1, 0.15) is 22.5 Å². The average Bonchev–Trinajstić information content (AvgIpc) is 1.89. The molecule has 2 nitrogen and oxygen atoms in total. The van der Waals surface area contributed by atoms with Crippen molar-refractivity contribution in [1.82, 2.24) is 0 Å². The first-order valence-electron chi connectivity index (χ1n) is 3.57. The first kappa shape index (κ1) is 9.05. The molecule has 0 aromatic heterocycles. The quantitative estimate of drug-likeness (QED) is 0.261. The van der Waals surface area contributed by atoms with Crippen LogP contribution in [0.2, 0.25) is 12.6 Å². The SMILES string of the molecule is BCCOCOCCB. The number of hydrogen-bond acceptors (Lipinski definition) is 2. The van der Waals surface area contributed by atoms with Gasteiger partial charge in [-0.3, -0.25) is 0 Å². The Morgan fingerprint density at radius 2 is 1.33 bits per heavy atom. The Bertz CT molecular complexity index is 46.2. The van der Waals surface area contributed by atoms with Gasteiger partial charge >= 0.3 is 0 Å². The van der Waals surface area contributed by atoms with Crippen LogP contribution >= 0.6 is 0 Å². The van der Waals surface area contributed by atoms with Crippen LogP contribution in [0.3, 0.4) is 0 Å². The number of rotatable bonds is 6. The summed E-state index contributed by atoms with van der Waals surface area (Å²) in [4.78, 5) is 0. The van der Waals surface area contributed by atoms with E-state index < -0.39 is 0 Å². The van der Waals surface area contributed by atoms with Crippen LogP contribution in [0.15, 0.2) is 0 Å². The van der Waals surface area contributed by atoms with Crippen LogP contribution in [-0.4, -0.2) is 35.7 Å². The van der Waals surface area contributed by atoms with Crippen molar-refractivity contribution in [3.63, 3.8) is 0 Å². The van der Waals surface area contributed by atoms with Crippen molar-refractivity contribution >= 4 is 15.7 Å². The lowest BCUT2D eigenvalue weighted by Crippen LogP contribution is -2.01. The van der Waals surface area contributed by atoms with E-state index in [1.165, 1.54) is 0 Å². The summed E-state index contributed by atoms with van der Waals surface area (Å²) >= 11 is 0. The van der Waals surface area contributed by atoms with Gasteiger partial charge in [0.05, 0.1) is 0 Å². The molecule has 0 aromatic rings. The van der Waals surface area contributed by atoms with E-state index in [0.29, 0.717) is 6.79 Å². The highest BCUT2D eigenvalue weighted by Gasteiger charge is 1.83. The van der Waals surface area contributed by atoms with Crippen molar-refractivity contribution in [3.05, 3.63) is 0 Å². The summed E-state index contributed by atoms with van der Waals surface area (Å²) in [5.41, 5.74) is 0. The molecular formula is C5H14B2O2. The Morgan fingerprint density at radius 3 is 1.67 bits per heavy atom. The van der Waals surface area contributed by atoms with Crippen LogP contribution in [-0.2, 0) is 9.47 Å². The fourth-order valence-electron chi connectivity index (χ4n) is 0.465. The fraction of sp³-hybridized carbons (Fsp3) is 1.00. The average molecular weight is 128 g/mol. The predicted octanol–water partition coefficient (Wildman–Crippen LogP) is -0.920. The molecule has 9 heavy (non-hydrogen) atoms. The lowest BCUT2D eigenvalue weighted by molar-refractivity contribution is -0.0442. The second-order valence-electron chi connectivity index (χ2n) is 1.93. The monoisotopic (exact) mass is 128 g/mol. The molecule has 0 fully saturated rings. The lowest BCUT2D eigenvalue weighted by atomic mass is 10.1. The van der Waals surface area contributed by atoms with Crippen LogP contribution in [0.5, 0.6) is 0 Å². The van der Waals surface area contributed by atoms with E-state index in [1.54, 1.807) is 0 Å². The summed E-state index contributed by atoms with van der Waals surface area (Å²) < 4.78 is 10.1. The molecule has 0 atom stereocenters. The smallest absolute Gasteiger partial charge is 0.146 e. The van der Waals surface area contributed by atoms with Gasteiger partial charge < -0.3 is 9.47 Å². The molecule has 0 bridgehead atoms.